The minimum absolute atomic E-state index is 0.364. The summed E-state index contributed by atoms with van der Waals surface area (Å²) in [6, 6.07) is 0. The van der Waals surface area contributed by atoms with Gasteiger partial charge < -0.3 is 10.1 Å². The lowest BCUT2D eigenvalue weighted by Crippen LogP contribution is -2.40. The Bertz CT molecular complexity index is 380. The first-order valence-electron chi connectivity index (χ1n) is 7.79. The van der Waals surface area contributed by atoms with Gasteiger partial charge in [-0.15, -0.1) is 0 Å². The Hall–Kier alpha value is -0.170. The quantitative estimate of drug-likeness (QED) is 0.746. The smallest absolute Gasteiger partial charge is 0.211 e. The van der Waals surface area contributed by atoms with Gasteiger partial charge in [-0.3, -0.25) is 0 Å². The van der Waals surface area contributed by atoms with Gasteiger partial charge in [-0.2, -0.15) is 0 Å². The molecular formula is C14H28N2O3S. The van der Waals surface area contributed by atoms with Crippen LogP contribution in [0.15, 0.2) is 0 Å². The van der Waals surface area contributed by atoms with Crippen molar-refractivity contribution in [2.24, 2.45) is 11.8 Å². The third kappa shape index (κ3) is 5.31. The van der Waals surface area contributed by atoms with Gasteiger partial charge in [0.25, 0.3) is 0 Å². The highest BCUT2D eigenvalue weighted by Gasteiger charge is 2.25. The Morgan fingerprint density at radius 1 is 1.25 bits per heavy atom. The predicted molar refractivity (Wildman–Crippen MR) is 80.2 cm³/mol. The zero-order valence-corrected chi connectivity index (χ0v) is 13.3. The maximum Gasteiger partial charge on any atom is 0.211 e. The second kappa shape index (κ2) is 7.73. The molecule has 2 saturated heterocycles. The van der Waals surface area contributed by atoms with Crippen LogP contribution >= 0.6 is 0 Å². The fourth-order valence-electron chi connectivity index (χ4n) is 3.13. The van der Waals surface area contributed by atoms with Crippen LogP contribution in [0.4, 0.5) is 0 Å². The third-order valence-corrected chi connectivity index (χ3v) is 5.64. The molecule has 118 valence electrons. The van der Waals surface area contributed by atoms with E-state index in [1.807, 2.05) is 0 Å². The molecule has 0 aromatic heterocycles. The second-order valence-corrected chi connectivity index (χ2v) is 8.19. The molecule has 0 aromatic rings. The number of hydrogen-bond donors (Lipinski definition) is 1. The average molecular weight is 304 g/mol. The number of ether oxygens (including phenoxy) is 1. The van der Waals surface area contributed by atoms with E-state index in [0.717, 1.165) is 44.9 Å². The van der Waals surface area contributed by atoms with Crippen LogP contribution in [-0.4, -0.2) is 58.4 Å². The Morgan fingerprint density at radius 3 is 2.75 bits per heavy atom. The SMILES string of the molecule is CS(=O)(=O)N1CCCC(COCCC2CCCNC2)C1. The van der Waals surface area contributed by atoms with Crippen LogP contribution in [0, 0.1) is 11.8 Å². The van der Waals surface area contributed by atoms with Crippen molar-refractivity contribution in [3.63, 3.8) is 0 Å². The highest BCUT2D eigenvalue weighted by Crippen LogP contribution is 2.19. The topological polar surface area (TPSA) is 58.6 Å². The lowest BCUT2D eigenvalue weighted by atomic mass is 9.96. The van der Waals surface area contributed by atoms with E-state index in [1.54, 1.807) is 4.31 Å². The van der Waals surface area contributed by atoms with Crippen LogP contribution in [0.5, 0.6) is 0 Å². The third-order valence-electron chi connectivity index (χ3n) is 4.37. The van der Waals surface area contributed by atoms with E-state index in [4.69, 9.17) is 4.74 Å². The standard InChI is InChI=1S/C14H28N2O3S/c1-20(17,18)16-8-3-5-14(11-16)12-19-9-6-13-4-2-7-15-10-13/h13-15H,2-12H2,1H3. The first-order chi connectivity index (χ1) is 9.55. The Morgan fingerprint density at radius 2 is 2.05 bits per heavy atom. The fraction of sp³-hybridized carbons (Fsp3) is 1.00. The number of piperidine rings is 2. The van der Waals surface area contributed by atoms with E-state index in [-0.39, 0.29) is 0 Å². The molecule has 2 unspecified atom stereocenters. The monoisotopic (exact) mass is 304 g/mol. The molecule has 0 radical (unpaired) electrons. The van der Waals surface area contributed by atoms with Crippen molar-refractivity contribution >= 4 is 10.0 Å². The maximum absolute atomic E-state index is 11.5. The normalized spacial score (nSPS) is 29.4. The van der Waals surface area contributed by atoms with Gasteiger partial charge >= 0.3 is 0 Å². The van der Waals surface area contributed by atoms with Crippen LogP contribution in [0.1, 0.15) is 32.1 Å². The lowest BCUT2D eigenvalue weighted by Gasteiger charge is -2.31. The van der Waals surface area contributed by atoms with Crippen LogP contribution in [0.3, 0.4) is 0 Å². The van der Waals surface area contributed by atoms with E-state index in [1.165, 1.54) is 19.1 Å². The molecule has 20 heavy (non-hydrogen) atoms. The summed E-state index contributed by atoms with van der Waals surface area (Å²) in [5, 5.41) is 3.42. The minimum Gasteiger partial charge on any atom is -0.381 e. The number of hydrogen-bond acceptors (Lipinski definition) is 4. The molecule has 2 aliphatic heterocycles. The van der Waals surface area contributed by atoms with Gasteiger partial charge in [-0.1, -0.05) is 0 Å². The molecule has 0 saturated carbocycles. The summed E-state index contributed by atoms with van der Waals surface area (Å²) in [6.45, 7) is 5.08. The van der Waals surface area contributed by atoms with Crippen molar-refractivity contribution in [2.45, 2.75) is 32.1 Å². The summed E-state index contributed by atoms with van der Waals surface area (Å²) in [5.74, 6) is 1.12. The highest BCUT2D eigenvalue weighted by atomic mass is 32.2. The molecule has 2 heterocycles. The zero-order chi connectivity index (χ0) is 14.4. The van der Waals surface area contributed by atoms with E-state index in [2.05, 4.69) is 5.32 Å². The first-order valence-corrected chi connectivity index (χ1v) is 9.64. The summed E-state index contributed by atoms with van der Waals surface area (Å²) in [7, 11) is -3.04. The van der Waals surface area contributed by atoms with Crippen molar-refractivity contribution in [3.8, 4) is 0 Å². The van der Waals surface area contributed by atoms with Gasteiger partial charge in [0, 0.05) is 19.7 Å². The maximum atomic E-state index is 11.5. The largest absolute Gasteiger partial charge is 0.381 e. The van der Waals surface area contributed by atoms with E-state index in [0.29, 0.717) is 25.6 Å². The number of nitrogens with zero attached hydrogens (tertiary/aromatic N) is 1. The van der Waals surface area contributed by atoms with Gasteiger partial charge in [0.15, 0.2) is 0 Å². The summed E-state index contributed by atoms with van der Waals surface area (Å²) in [6.07, 6.45) is 7.03. The Kier molecular flexibility index (Phi) is 6.26. The van der Waals surface area contributed by atoms with E-state index in [9.17, 15) is 8.42 Å². The Labute approximate surface area is 123 Å². The Balaban J connectivity index is 1.61. The number of nitrogens with one attached hydrogen (secondary N) is 1. The molecule has 2 aliphatic rings. The molecule has 0 amide bonds. The molecule has 2 fully saturated rings. The van der Waals surface area contributed by atoms with Crippen molar-refractivity contribution in [2.75, 3.05) is 45.6 Å². The average Bonchev–Trinajstić information content (AvgIpc) is 2.44. The molecule has 0 aromatic carbocycles. The summed E-state index contributed by atoms with van der Waals surface area (Å²) in [5.41, 5.74) is 0. The summed E-state index contributed by atoms with van der Waals surface area (Å²) >= 11 is 0. The van der Waals surface area contributed by atoms with E-state index < -0.39 is 10.0 Å². The van der Waals surface area contributed by atoms with Crippen LogP contribution < -0.4 is 5.32 Å². The van der Waals surface area contributed by atoms with Gasteiger partial charge in [-0.25, -0.2) is 12.7 Å². The molecule has 5 nitrogen and oxygen atoms in total. The number of sulfonamides is 1. The first kappa shape index (κ1) is 16.2. The van der Waals surface area contributed by atoms with Crippen molar-refractivity contribution in [1.29, 1.82) is 0 Å². The minimum atomic E-state index is -3.04. The van der Waals surface area contributed by atoms with Crippen molar-refractivity contribution in [1.82, 2.24) is 9.62 Å². The second-order valence-electron chi connectivity index (χ2n) is 6.21. The van der Waals surface area contributed by atoms with E-state index >= 15 is 0 Å². The van der Waals surface area contributed by atoms with Gasteiger partial charge in [0.1, 0.15) is 0 Å². The van der Waals surface area contributed by atoms with Crippen LogP contribution in [0.25, 0.3) is 0 Å². The van der Waals surface area contributed by atoms with Gasteiger partial charge in [0.2, 0.25) is 10.0 Å². The fourth-order valence-corrected chi connectivity index (χ4v) is 4.08. The number of rotatable bonds is 6. The predicted octanol–water partition coefficient (Wildman–Crippen LogP) is 1.06. The van der Waals surface area contributed by atoms with Crippen molar-refractivity contribution < 1.29 is 13.2 Å². The lowest BCUT2D eigenvalue weighted by molar-refractivity contribution is 0.0675. The highest BCUT2D eigenvalue weighted by molar-refractivity contribution is 7.88. The molecular weight excluding hydrogens is 276 g/mol. The molecule has 1 N–H and O–H groups in total. The molecule has 0 spiro atoms. The van der Waals surface area contributed by atoms with Crippen LogP contribution in [0.2, 0.25) is 0 Å². The summed E-state index contributed by atoms with van der Waals surface area (Å²) in [4.78, 5) is 0. The van der Waals surface area contributed by atoms with Crippen molar-refractivity contribution in [3.05, 3.63) is 0 Å². The van der Waals surface area contributed by atoms with Gasteiger partial charge in [-0.05, 0) is 57.0 Å². The zero-order valence-electron chi connectivity index (χ0n) is 12.5. The summed E-state index contributed by atoms with van der Waals surface area (Å²) < 4.78 is 30.5. The molecule has 0 aliphatic carbocycles. The molecule has 2 atom stereocenters. The molecule has 2 rings (SSSR count). The van der Waals surface area contributed by atoms with Crippen LogP contribution in [-0.2, 0) is 14.8 Å². The van der Waals surface area contributed by atoms with Gasteiger partial charge in [0.05, 0.1) is 12.9 Å². The molecule has 6 heteroatoms. The molecule has 0 bridgehead atoms.